The van der Waals surface area contributed by atoms with Crippen molar-refractivity contribution in [2.75, 3.05) is 18.0 Å². The van der Waals surface area contributed by atoms with Crippen LogP contribution in [0.1, 0.15) is 24.1 Å². The predicted octanol–water partition coefficient (Wildman–Crippen LogP) is 2.13. The summed E-state index contributed by atoms with van der Waals surface area (Å²) in [5.41, 5.74) is 2.57. The molecular formula is C21H19N3O4. The average Bonchev–Trinajstić information content (AvgIpc) is 3.23. The van der Waals surface area contributed by atoms with Gasteiger partial charge in [-0.1, -0.05) is 48.5 Å². The van der Waals surface area contributed by atoms with Crippen molar-refractivity contribution < 1.29 is 19.2 Å². The van der Waals surface area contributed by atoms with E-state index >= 15 is 0 Å². The largest absolute Gasteiger partial charge is 0.335 e. The van der Waals surface area contributed by atoms with E-state index in [4.69, 9.17) is 0 Å². The second kappa shape index (κ2) is 6.92. The fourth-order valence-corrected chi connectivity index (χ4v) is 3.70. The quantitative estimate of drug-likeness (QED) is 0.604. The highest BCUT2D eigenvalue weighted by molar-refractivity contribution is 6.45. The van der Waals surface area contributed by atoms with Gasteiger partial charge in [0.25, 0.3) is 0 Å². The molecule has 0 bridgehead atoms. The number of imide groups is 2. The Hall–Kier alpha value is -3.48. The minimum atomic E-state index is -0.964. The van der Waals surface area contributed by atoms with E-state index in [2.05, 4.69) is 0 Å². The van der Waals surface area contributed by atoms with Crippen molar-refractivity contribution in [3.05, 3.63) is 65.7 Å². The molecule has 1 saturated heterocycles. The molecule has 1 fully saturated rings. The molecule has 7 heteroatoms. The summed E-state index contributed by atoms with van der Waals surface area (Å²) in [4.78, 5) is 53.6. The number of carbonyl (C=O) groups is 4. The van der Waals surface area contributed by atoms with E-state index in [0.717, 1.165) is 33.0 Å². The number of fused-ring (bicyclic) bond motifs is 1. The summed E-state index contributed by atoms with van der Waals surface area (Å²) in [5.74, 6) is -2.25. The van der Waals surface area contributed by atoms with Crippen LogP contribution in [0.3, 0.4) is 0 Å². The van der Waals surface area contributed by atoms with E-state index in [1.165, 1.54) is 0 Å². The lowest BCUT2D eigenvalue weighted by Crippen LogP contribution is -2.43. The molecule has 2 aromatic rings. The Labute approximate surface area is 162 Å². The van der Waals surface area contributed by atoms with Gasteiger partial charge in [0.15, 0.2) is 0 Å². The highest BCUT2D eigenvalue weighted by atomic mass is 16.2. The van der Waals surface area contributed by atoms with Crippen LogP contribution in [0.4, 0.5) is 10.5 Å². The Morgan fingerprint density at radius 3 is 2.39 bits per heavy atom. The Morgan fingerprint density at radius 1 is 0.964 bits per heavy atom. The van der Waals surface area contributed by atoms with Crippen LogP contribution < -0.4 is 4.90 Å². The van der Waals surface area contributed by atoms with Gasteiger partial charge in [0.1, 0.15) is 6.54 Å². The highest BCUT2D eigenvalue weighted by Crippen LogP contribution is 2.29. The Kier molecular flexibility index (Phi) is 4.43. The van der Waals surface area contributed by atoms with Gasteiger partial charge in [0.2, 0.25) is 5.91 Å². The van der Waals surface area contributed by atoms with Gasteiger partial charge in [-0.25, -0.2) is 14.6 Å². The molecule has 1 atom stereocenters. The number of benzene rings is 2. The third-order valence-corrected chi connectivity index (χ3v) is 5.23. The predicted molar refractivity (Wildman–Crippen MR) is 101 cm³/mol. The molecule has 2 aromatic carbocycles. The standard InChI is InChI=1S/C21H19N3O4/c1-14(15-7-3-2-4-8-15)24-20(27)19(26)23(21(24)28)13-18(25)22-12-11-16-9-5-6-10-17(16)22/h2-10,14H,11-13H2,1H3. The molecule has 0 aliphatic carbocycles. The van der Waals surface area contributed by atoms with Crippen LogP contribution >= 0.6 is 0 Å². The second-order valence-electron chi connectivity index (χ2n) is 6.86. The summed E-state index contributed by atoms with van der Waals surface area (Å²) in [5, 5.41) is 0. The topological polar surface area (TPSA) is 78.0 Å². The highest BCUT2D eigenvalue weighted by Gasteiger charge is 2.48. The lowest BCUT2D eigenvalue weighted by molar-refractivity contribution is -0.144. The van der Waals surface area contributed by atoms with Gasteiger partial charge >= 0.3 is 17.8 Å². The number of urea groups is 1. The molecule has 4 rings (SSSR count). The van der Waals surface area contributed by atoms with Gasteiger partial charge in [-0.05, 0) is 30.5 Å². The molecule has 0 N–H and O–H groups in total. The van der Waals surface area contributed by atoms with Crippen LogP contribution in [0.15, 0.2) is 54.6 Å². The van der Waals surface area contributed by atoms with E-state index < -0.39 is 30.4 Å². The zero-order valence-corrected chi connectivity index (χ0v) is 15.4. The first-order valence-electron chi connectivity index (χ1n) is 9.11. The summed E-state index contributed by atoms with van der Waals surface area (Å²) in [6, 6.07) is 15.2. The average molecular weight is 377 g/mol. The maximum Gasteiger partial charge on any atom is 0.335 e. The first-order valence-corrected chi connectivity index (χ1v) is 9.11. The van der Waals surface area contributed by atoms with Crippen LogP contribution in [-0.2, 0) is 20.8 Å². The van der Waals surface area contributed by atoms with Crippen molar-refractivity contribution in [3.63, 3.8) is 0 Å². The first kappa shape index (κ1) is 17.9. The normalized spacial score (nSPS) is 17.3. The summed E-state index contributed by atoms with van der Waals surface area (Å²) in [7, 11) is 0. The molecule has 5 amide bonds. The zero-order chi connectivity index (χ0) is 19.8. The summed E-state index contributed by atoms with van der Waals surface area (Å²) < 4.78 is 0. The molecule has 2 aliphatic heterocycles. The summed E-state index contributed by atoms with van der Waals surface area (Å²) in [6.07, 6.45) is 0.722. The smallest absolute Gasteiger partial charge is 0.310 e. The van der Waals surface area contributed by atoms with Crippen LogP contribution in [0, 0.1) is 0 Å². The van der Waals surface area contributed by atoms with Crippen LogP contribution in [0.25, 0.3) is 0 Å². The lowest BCUT2D eigenvalue weighted by atomic mass is 10.1. The van der Waals surface area contributed by atoms with Crippen molar-refractivity contribution in [2.45, 2.75) is 19.4 Å². The molecule has 0 spiro atoms. The molecule has 7 nitrogen and oxygen atoms in total. The van der Waals surface area contributed by atoms with Crippen LogP contribution in [-0.4, -0.2) is 46.6 Å². The number of amides is 5. The van der Waals surface area contributed by atoms with Gasteiger partial charge in [0, 0.05) is 12.2 Å². The number of rotatable bonds is 4. The van der Waals surface area contributed by atoms with E-state index in [1.54, 1.807) is 36.1 Å². The molecule has 2 aliphatic rings. The van der Waals surface area contributed by atoms with Crippen molar-refractivity contribution in [1.29, 1.82) is 0 Å². The fraction of sp³-hybridized carbons (Fsp3) is 0.238. The molecule has 1 unspecified atom stereocenters. The molecule has 0 aromatic heterocycles. The lowest BCUT2D eigenvalue weighted by Gasteiger charge is -2.23. The Balaban J connectivity index is 1.53. The van der Waals surface area contributed by atoms with Crippen LogP contribution in [0.5, 0.6) is 0 Å². The molecule has 0 radical (unpaired) electrons. The van der Waals surface area contributed by atoms with E-state index in [-0.39, 0.29) is 5.91 Å². The molecule has 28 heavy (non-hydrogen) atoms. The first-order chi connectivity index (χ1) is 13.5. The van der Waals surface area contributed by atoms with Crippen LogP contribution in [0.2, 0.25) is 0 Å². The molecule has 142 valence electrons. The number of hydrogen-bond acceptors (Lipinski definition) is 4. The van der Waals surface area contributed by atoms with Gasteiger partial charge in [-0.3, -0.25) is 14.4 Å². The second-order valence-corrected chi connectivity index (χ2v) is 6.86. The fourth-order valence-electron chi connectivity index (χ4n) is 3.70. The third kappa shape index (κ3) is 2.85. The molecule has 2 heterocycles. The van der Waals surface area contributed by atoms with Crippen molar-refractivity contribution >= 4 is 29.4 Å². The van der Waals surface area contributed by atoms with Crippen molar-refractivity contribution in [1.82, 2.24) is 9.80 Å². The maximum atomic E-state index is 12.8. The Bertz CT molecular complexity index is 973. The minimum absolute atomic E-state index is 0.381. The van der Waals surface area contributed by atoms with E-state index in [1.807, 2.05) is 30.3 Å². The number of para-hydroxylation sites is 1. The number of hydrogen-bond donors (Lipinski definition) is 0. The zero-order valence-electron chi connectivity index (χ0n) is 15.4. The van der Waals surface area contributed by atoms with E-state index in [0.29, 0.717) is 6.54 Å². The van der Waals surface area contributed by atoms with Gasteiger partial charge < -0.3 is 4.90 Å². The third-order valence-electron chi connectivity index (χ3n) is 5.23. The molecule has 0 saturated carbocycles. The molecular weight excluding hydrogens is 358 g/mol. The van der Waals surface area contributed by atoms with E-state index in [9.17, 15) is 19.2 Å². The number of nitrogens with zero attached hydrogens (tertiary/aromatic N) is 3. The number of carbonyl (C=O) groups excluding carboxylic acids is 4. The minimum Gasteiger partial charge on any atom is -0.310 e. The monoisotopic (exact) mass is 377 g/mol. The van der Waals surface area contributed by atoms with Crippen molar-refractivity contribution in [2.24, 2.45) is 0 Å². The van der Waals surface area contributed by atoms with Gasteiger partial charge in [-0.2, -0.15) is 0 Å². The maximum absolute atomic E-state index is 12.8. The van der Waals surface area contributed by atoms with Gasteiger partial charge in [0.05, 0.1) is 6.04 Å². The number of anilines is 1. The SMILES string of the molecule is CC(c1ccccc1)N1C(=O)C(=O)N(CC(=O)N2CCc3ccccc32)C1=O. The van der Waals surface area contributed by atoms with Crippen molar-refractivity contribution in [3.8, 4) is 0 Å². The Morgan fingerprint density at radius 2 is 1.64 bits per heavy atom. The summed E-state index contributed by atoms with van der Waals surface area (Å²) in [6.45, 7) is 1.72. The van der Waals surface area contributed by atoms with Gasteiger partial charge in [-0.15, -0.1) is 0 Å². The summed E-state index contributed by atoms with van der Waals surface area (Å²) >= 11 is 0.